The van der Waals surface area contributed by atoms with Crippen molar-refractivity contribution in [2.75, 3.05) is 7.11 Å². The van der Waals surface area contributed by atoms with E-state index in [2.05, 4.69) is 15.6 Å². The lowest BCUT2D eigenvalue weighted by Gasteiger charge is -2.04. The first-order valence-corrected chi connectivity index (χ1v) is 7.12. The second kappa shape index (κ2) is 8.28. The van der Waals surface area contributed by atoms with Gasteiger partial charge in [0.2, 0.25) is 0 Å². The molecule has 6 heteroatoms. The van der Waals surface area contributed by atoms with Crippen molar-refractivity contribution in [3.63, 3.8) is 0 Å². The van der Waals surface area contributed by atoms with E-state index in [1.165, 1.54) is 13.2 Å². The molecule has 0 bridgehead atoms. The predicted octanol–water partition coefficient (Wildman–Crippen LogP) is 1.95. The van der Waals surface area contributed by atoms with Gasteiger partial charge in [0.05, 0.1) is 12.7 Å². The van der Waals surface area contributed by atoms with Crippen LogP contribution in [0.5, 0.6) is 0 Å². The second-order valence-electron chi connectivity index (χ2n) is 4.76. The van der Waals surface area contributed by atoms with Gasteiger partial charge in [0, 0.05) is 11.6 Å². The third kappa shape index (κ3) is 4.81. The maximum absolute atomic E-state index is 11.8. The molecule has 2 aromatic carbocycles. The third-order valence-corrected chi connectivity index (χ3v) is 3.09. The molecule has 0 aromatic heterocycles. The number of benzene rings is 2. The van der Waals surface area contributed by atoms with Crippen LogP contribution in [0.4, 0.5) is 0 Å². The van der Waals surface area contributed by atoms with Crippen LogP contribution in [0.3, 0.4) is 0 Å². The first-order valence-electron chi connectivity index (χ1n) is 7.12. The predicted molar refractivity (Wildman–Crippen MR) is 88.9 cm³/mol. The number of rotatable bonds is 4. The number of nitrogens with one attached hydrogen (secondary N) is 2. The number of hydrogen-bond acceptors (Lipinski definition) is 4. The minimum Gasteiger partial charge on any atom is -0.465 e. The molecule has 0 aliphatic rings. The van der Waals surface area contributed by atoms with Crippen molar-refractivity contribution in [2.24, 2.45) is 0 Å². The van der Waals surface area contributed by atoms with Gasteiger partial charge in [-0.25, -0.2) is 4.79 Å². The van der Waals surface area contributed by atoms with Crippen LogP contribution in [-0.2, 0) is 9.53 Å². The van der Waals surface area contributed by atoms with E-state index >= 15 is 0 Å². The van der Waals surface area contributed by atoms with E-state index in [9.17, 15) is 14.4 Å². The summed E-state index contributed by atoms with van der Waals surface area (Å²) in [5, 5.41) is 0. The van der Waals surface area contributed by atoms with Gasteiger partial charge in [-0.1, -0.05) is 30.3 Å². The molecule has 0 radical (unpaired) electrons. The summed E-state index contributed by atoms with van der Waals surface area (Å²) in [6, 6.07) is 15.1. The van der Waals surface area contributed by atoms with Crippen LogP contribution in [0.1, 0.15) is 26.3 Å². The molecule has 6 nitrogen and oxygen atoms in total. The molecule has 2 N–H and O–H groups in total. The smallest absolute Gasteiger partial charge is 0.337 e. The van der Waals surface area contributed by atoms with Gasteiger partial charge in [0.25, 0.3) is 11.8 Å². The second-order valence-corrected chi connectivity index (χ2v) is 4.76. The maximum Gasteiger partial charge on any atom is 0.337 e. The molecule has 122 valence electrons. The van der Waals surface area contributed by atoms with Crippen LogP contribution >= 0.6 is 0 Å². The number of amides is 2. The zero-order valence-corrected chi connectivity index (χ0v) is 13.0. The summed E-state index contributed by atoms with van der Waals surface area (Å²) in [6.45, 7) is 0. The van der Waals surface area contributed by atoms with Crippen LogP contribution in [0, 0.1) is 0 Å². The van der Waals surface area contributed by atoms with Crippen LogP contribution in [0.25, 0.3) is 6.08 Å². The van der Waals surface area contributed by atoms with Crippen molar-refractivity contribution in [3.05, 3.63) is 77.4 Å². The van der Waals surface area contributed by atoms with Gasteiger partial charge in [-0.3, -0.25) is 20.4 Å². The molecule has 0 aliphatic carbocycles. The third-order valence-electron chi connectivity index (χ3n) is 3.09. The lowest BCUT2D eigenvalue weighted by Crippen LogP contribution is -2.40. The van der Waals surface area contributed by atoms with E-state index in [1.54, 1.807) is 60.7 Å². The van der Waals surface area contributed by atoms with Gasteiger partial charge in [-0.05, 0) is 35.9 Å². The number of methoxy groups -OCH3 is 1. The van der Waals surface area contributed by atoms with Crippen molar-refractivity contribution in [2.45, 2.75) is 0 Å². The lowest BCUT2D eigenvalue weighted by atomic mass is 10.1. The van der Waals surface area contributed by atoms with Crippen LogP contribution in [-0.4, -0.2) is 24.9 Å². The molecule has 24 heavy (non-hydrogen) atoms. The normalized spacial score (nSPS) is 10.2. The van der Waals surface area contributed by atoms with Crippen molar-refractivity contribution >= 4 is 23.9 Å². The Morgan fingerprint density at radius 1 is 0.875 bits per heavy atom. The average Bonchev–Trinajstić information content (AvgIpc) is 2.64. The Morgan fingerprint density at radius 2 is 1.54 bits per heavy atom. The molecule has 0 heterocycles. The highest BCUT2D eigenvalue weighted by molar-refractivity contribution is 5.98. The fraction of sp³-hybridized carbons (Fsp3) is 0.0556. The summed E-state index contributed by atoms with van der Waals surface area (Å²) in [5.41, 5.74) is 6.20. The van der Waals surface area contributed by atoms with E-state index in [4.69, 9.17) is 0 Å². The van der Waals surface area contributed by atoms with Gasteiger partial charge in [0.1, 0.15) is 0 Å². The molecule has 0 saturated carbocycles. The average molecular weight is 324 g/mol. The Labute approximate surface area is 139 Å². The van der Waals surface area contributed by atoms with E-state index in [-0.39, 0.29) is 0 Å². The molecule has 2 rings (SSSR count). The summed E-state index contributed by atoms with van der Waals surface area (Å²) < 4.78 is 4.60. The van der Waals surface area contributed by atoms with Crippen molar-refractivity contribution in [3.8, 4) is 0 Å². The quantitative estimate of drug-likeness (QED) is 0.511. The molecule has 0 fully saturated rings. The number of ether oxygens (including phenoxy) is 1. The van der Waals surface area contributed by atoms with Gasteiger partial charge in [0.15, 0.2) is 0 Å². The molecule has 0 aliphatic heterocycles. The van der Waals surface area contributed by atoms with Gasteiger partial charge in [-0.15, -0.1) is 0 Å². The summed E-state index contributed by atoms with van der Waals surface area (Å²) in [6.07, 6.45) is 2.84. The van der Waals surface area contributed by atoms with E-state index in [0.29, 0.717) is 11.1 Å². The standard InChI is InChI=1S/C18H16N2O4/c1-24-18(23)15-10-7-13(8-11-15)9-12-16(21)19-20-17(22)14-5-3-2-4-6-14/h2-12H,1H3,(H,19,21)(H,20,22)/b12-9+. The zero-order valence-electron chi connectivity index (χ0n) is 13.0. The molecule has 2 amide bonds. The summed E-state index contributed by atoms with van der Waals surface area (Å²) in [4.78, 5) is 34.8. The molecule has 0 atom stereocenters. The molecule has 0 spiro atoms. The van der Waals surface area contributed by atoms with E-state index < -0.39 is 17.8 Å². The molecule has 0 unspecified atom stereocenters. The number of hydrogen-bond donors (Lipinski definition) is 2. The van der Waals surface area contributed by atoms with Gasteiger partial charge >= 0.3 is 5.97 Å². The van der Waals surface area contributed by atoms with Crippen molar-refractivity contribution in [1.82, 2.24) is 10.9 Å². The van der Waals surface area contributed by atoms with Crippen molar-refractivity contribution in [1.29, 1.82) is 0 Å². The molecule has 0 saturated heterocycles. The largest absolute Gasteiger partial charge is 0.465 e. The summed E-state index contributed by atoms with van der Waals surface area (Å²) in [7, 11) is 1.31. The minimum atomic E-state index is -0.476. The van der Waals surface area contributed by atoms with Crippen molar-refractivity contribution < 1.29 is 19.1 Å². The Balaban J connectivity index is 1.86. The van der Waals surface area contributed by atoms with Gasteiger partial charge < -0.3 is 4.74 Å². The van der Waals surface area contributed by atoms with Crippen LogP contribution in [0.2, 0.25) is 0 Å². The lowest BCUT2D eigenvalue weighted by molar-refractivity contribution is -0.117. The summed E-state index contributed by atoms with van der Waals surface area (Å²) in [5.74, 6) is -1.30. The SMILES string of the molecule is COC(=O)c1ccc(/C=C/C(=O)NNC(=O)c2ccccc2)cc1. The number of hydrazine groups is 1. The van der Waals surface area contributed by atoms with E-state index in [0.717, 1.165) is 5.56 Å². The number of carbonyl (C=O) groups is 3. The fourth-order valence-electron chi connectivity index (χ4n) is 1.84. The maximum atomic E-state index is 11.8. The highest BCUT2D eigenvalue weighted by Crippen LogP contribution is 2.07. The fourth-order valence-corrected chi connectivity index (χ4v) is 1.84. The Kier molecular flexibility index (Phi) is 5.85. The van der Waals surface area contributed by atoms with Crippen LogP contribution < -0.4 is 10.9 Å². The molecule has 2 aromatic rings. The summed E-state index contributed by atoms with van der Waals surface area (Å²) >= 11 is 0. The Hall–Kier alpha value is -3.41. The zero-order chi connectivity index (χ0) is 17.4. The first-order chi connectivity index (χ1) is 11.6. The minimum absolute atomic E-state index is 0.403. The molecular formula is C18H16N2O4. The number of esters is 1. The monoisotopic (exact) mass is 324 g/mol. The highest BCUT2D eigenvalue weighted by atomic mass is 16.5. The Morgan fingerprint density at radius 3 is 2.17 bits per heavy atom. The topological polar surface area (TPSA) is 84.5 Å². The highest BCUT2D eigenvalue weighted by Gasteiger charge is 2.05. The first kappa shape index (κ1) is 17.0. The Bertz CT molecular complexity index is 752. The molecular weight excluding hydrogens is 308 g/mol. The van der Waals surface area contributed by atoms with E-state index in [1.807, 2.05) is 0 Å². The number of carbonyl (C=O) groups excluding carboxylic acids is 3. The van der Waals surface area contributed by atoms with Gasteiger partial charge in [-0.2, -0.15) is 0 Å². The van der Waals surface area contributed by atoms with Crippen LogP contribution in [0.15, 0.2) is 60.7 Å².